The second-order valence-corrected chi connectivity index (χ2v) is 4.43. The summed E-state index contributed by atoms with van der Waals surface area (Å²) in [5.74, 6) is -0.756. The van der Waals surface area contributed by atoms with Crippen molar-refractivity contribution in [3.8, 4) is 0 Å². The monoisotopic (exact) mass is 272 g/mol. The van der Waals surface area contributed by atoms with Gasteiger partial charge in [0.25, 0.3) is 5.91 Å². The molecule has 2 heterocycles. The third kappa shape index (κ3) is 2.20. The van der Waals surface area contributed by atoms with Gasteiger partial charge in [0.1, 0.15) is 0 Å². The quantitative estimate of drug-likeness (QED) is 0.721. The van der Waals surface area contributed by atoms with Gasteiger partial charge >= 0.3 is 6.03 Å². The van der Waals surface area contributed by atoms with E-state index in [1.807, 2.05) is 24.3 Å². The summed E-state index contributed by atoms with van der Waals surface area (Å²) in [7, 11) is 0. The van der Waals surface area contributed by atoms with Gasteiger partial charge in [0.05, 0.1) is 6.54 Å². The van der Waals surface area contributed by atoms with Crippen molar-refractivity contribution in [2.75, 3.05) is 0 Å². The molecule has 7 nitrogen and oxygen atoms in total. The molecule has 1 fully saturated rings. The number of hydrogen-bond donors (Lipinski definition) is 3. The normalized spacial score (nSPS) is 19.2. The zero-order valence-electron chi connectivity index (χ0n) is 10.4. The fourth-order valence-electron chi connectivity index (χ4n) is 2.12. The van der Waals surface area contributed by atoms with Crippen LogP contribution in [0.2, 0.25) is 0 Å². The van der Waals surface area contributed by atoms with E-state index >= 15 is 0 Å². The Hall–Kier alpha value is -2.51. The Bertz CT molecular complexity index is 683. The Morgan fingerprint density at radius 3 is 3.00 bits per heavy atom. The van der Waals surface area contributed by atoms with E-state index in [0.717, 1.165) is 16.3 Å². The molecule has 1 aromatic carbocycles. The molecule has 7 heteroatoms. The number of rotatable bonds is 2. The van der Waals surface area contributed by atoms with Crippen LogP contribution in [-0.2, 0) is 11.3 Å². The van der Waals surface area contributed by atoms with Crippen molar-refractivity contribution < 1.29 is 14.7 Å². The summed E-state index contributed by atoms with van der Waals surface area (Å²) in [6, 6.07) is 6.93. The number of hydrogen-bond acceptors (Lipinski definition) is 5. The Morgan fingerprint density at radius 2 is 2.15 bits per heavy atom. The molecule has 3 amide bonds. The predicted octanol–water partition coefficient (Wildman–Crippen LogP) is 0.110. The third-order valence-electron chi connectivity index (χ3n) is 3.10. The second kappa shape index (κ2) is 4.87. The minimum atomic E-state index is -1.43. The highest BCUT2D eigenvalue weighted by Crippen LogP contribution is 2.19. The maximum Gasteiger partial charge on any atom is 0.338 e. The number of amides is 3. The Kier molecular flexibility index (Phi) is 3.05. The summed E-state index contributed by atoms with van der Waals surface area (Å²) in [4.78, 5) is 26.9. The van der Waals surface area contributed by atoms with Gasteiger partial charge in [-0.1, -0.05) is 18.2 Å². The van der Waals surface area contributed by atoms with Crippen LogP contribution in [0.1, 0.15) is 5.56 Å². The van der Waals surface area contributed by atoms with E-state index in [2.05, 4.69) is 15.7 Å². The molecule has 1 aromatic heterocycles. The van der Waals surface area contributed by atoms with Gasteiger partial charge in [-0.2, -0.15) is 5.43 Å². The lowest BCUT2D eigenvalue weighted by Crippen LogP contribution is -2.63. The van der Waals surface area contributed by atoms with E-state index in [4.69, 9.17) is 0 Å². The van der Waals surface area contributed by atoms with Crippen LogP contribution in [0.15, 0.2) is 36.7 Å². The lowest BCUT2D eigenvalue weighted by Gasteiger charge is -2.30. The Morgan fingerprint density at radius 1 is 1.30 bits per heavy atom. The number of nitrogens with zero attached hydrogens (tertiary/aromatic N) is 2. The van der Waals surface area contributed by atoms with Gasteiger partial charge in [-0.05, 0) is 17.0 Å². The van der Waals surface area contributed by atoms with Gasteiger partial charge in [0, 0.05) is 17.8 Å². The van der Waals surface area contributed by atoms with Crippen molar-refractivity contribution in [1.29, 1.82) is 0 Å². The first kappa shape index (κ1) is 12.5. The van der Waals surface area contributed by atoms with E-state index < -0.39 is 18.2 Å². The van der Waals surface area contributed by atoms with E-state index in [1.165, 1.54) is 5.01 Å². The average Bonchev–Trinajstić information content (AvgIpc) is 2.45. The number of fused-ring (bicyclic) bond motifs is 1. The first-order chi connectivity index (χ1) is 9.65. The minimum absolute atomic E-state index is 0.220. The van der Waals surface area contributed by atoms with Gasteiger partial charge in [0.2, 0.25) is 6.23 Å². The number of benzene rings is 1. The van der Waals surface area contributed by atoms with Crippen molar-refractivity contribution in [2.24, 2.45) is 0 Å². The van der Waals surface area contributed by atoms with Gasteiger partial charge in [-0.15, -0.1) is 0 Å². The Balaban J connectivity index is 1.90. The maximum absolute atomic E-state index is 11.7. The van der Waals surface area contributed by atoms with Crippen LogP contribution in [0.3, 0.4) is 0 Å². The molecule has 3 rings (SSSR count). The molecule has 2 aromatic rings. The SMILES string of the molecule is O=C1NC(=O)N(Cc2cccc3cnccc23)NC1O. The fraction of sp³-hybridized carbons (Fsp3) is 0.154. The summed E-state index contributed by atoms with van der Waals surface area (Å²) in [5, 5.41) is 14.6. The van der Waals surface area contributed by atoms with Crippen LogP contribution in [0.25, 0.3) is 10.8 Å². The smallest absolute Gasteiger partial charge is 0.338 e. The van der Waals surface area contributed by atoms with Gasteiger partial charge in [0.15, 0.2) is 0 Å². The topological polar surface area (TPSA) is 94.6 Å². The first-order valence-electron chi connectivity index (χ1n) is 6.03. The van der Waals surface area contributed by atoms with E-state index in [1.54, 1.807) is 12.4 Å². The number of nitrogens with one attached hydrogen (secondary N) is 2. The van der Waals surface area contributed by atoms with Crippen LogP contribution in [-0.4, -0.2) is 33.3 Å². The average molecular weight is 272 g/mol. The van der Waals surface area contributed by atoms with Gasteiger partial charge < -0.3 is 5.11 Å². The van der Waals surface area contributed by atoms with Crippen molar-refractivity contribution in [2.45, 2.75) is 12.8 Å². The summed E-state index contributed by atoms with van der Waals surface area (Å²) in [6.07, 6.45) is 1.98. The molecule has 0 aliphatic carbocycles. The first-order valence-corrected chi connectivity index (χ1v) is 6.03. The lowest BCUT2D eigenvalue weighted by molar-refractivity contribution is -0.135. The molecule has 0 spiro atoms. The molecule has 102 valence electrons. The van der Waals surface area contributed by atoms with Crippen LogP contribution >= 0.6 is 0 Å². The summed E-state index contributed by atoms with van der Waals surface area (Å²) in [6.45, 7) is 0.220. The number of carbonyl (C=O) groups excluding carboxylic acids is 2. The fourth-order valence-corrected chi connectivity index (χ4v) is 2.12. The van der Waals surface area contributed by atoms with Crippen molar-refractivity contribution in [3.63, 3.8) is 0 Å². The second-order valence-electron chi connectivity index (χ2n) is 4.43. The highest BCUT2D eigenvalue weighted by Gasteiger charge is 2.30. The Labute approximate surface area is 114 Å². The molecule has 0 saturated carbocycles. The molecule has 20 heavy (non-hydrogen) atoms. The predicted molar refractivity (Wildman–Crippen MR) is 70.0 cm³/mol. The molecule has 1 aliphatic heterocycles. The molecule has 1 aliphatic rings. The number of imide groups is 1. The molecule has 3 N–H and O–H groups in total. The summed E-state index contributed by atoms with van der Waals surface area (Å²) in [5.41, 5.74) is 3.32. The number of pyridine rings is 1. The zero-order chi connectivity index (χ0) is 14.1. The number of aliphatic hydroxyl groups excluding tert-OH is 1. The van der Waals surface area contributed by atoms with E-state index in [0.29, 0.717) is 0 Å². The molecule has 1 atom stereocenters. The van der Waals surface area contributed by atoms with Crippen molar-refractivity contribution in [1.82, 2.24) is 20.7 Å². The van der Waals surface area contributed by atoms with E-state index in [9.17, 15) is 14.7 Å². The van der Waals surface area contributed by atoms with Gasteiger partial charge in [-0.3, -0.25) is 20.1 Å². The van der Waals surface area contributed by atoms with Crippen LogP contribution in [0, 0.1) is 0 Å². The molecular weight excluding hydrogens is 260 g/mol. The number of urea groups is 1. The molecule has 0 radical (unpaired) electrons. The zero-order valence-corrected chi connectivity index (χ0v) is 10.4. The summed E-state index contributed by atoms with van der Waals surface area (Å²) >= 11 is 0. The summed E-state index contributed by atoms with van der Waals surface area (Å²) < 4.78 is 0. The van der Waals surface area contributed by atoms with E-state index in [-0.39, 0.29) is 6.54 Å². The largest absolute Gasteiger partial charge is 0.369 e. The van der Waals surface area contributed by atoms with Crippen molar-refractivity contribution in [3.05, 3.63) is 42.2 Å². The lowest BCUT2D eigenvalue weighted by atomic mass is 10.1. The number of aliphatic hydroxyl groups is 1. The molecule has 0 bridgehead atoms. The number of aromatic nitrogens is 1. The standard InChI is InChI=1S/C13H12N4O3/c18-11-12(19)16-17(13(20)15-11)7-9-3-1-2-8-6-14-5-4-10(8)9/h1-6,12,16,19H,7H2,(H,15,18,20). The number of hydrazine groups is 1. The van der Waals surface area contributed by atoms with Crippen molar-refractivity contribution >= 4 is 22.7 Å². The highest BCUT2D eigenvalue weighted by molar-refractivity contribution is 5.98. The minimum Gasteiger partial charge on any atom is -0.369 e. The maximum atomic E-state index is 11.7. The third-order valence-corrected chi connectivity index (χ3v) is 3.10. The van der Waals surface area contributed by atoms with Crippen LogP contribution in [0.5, 0.6) is 0 Å². The van der Waals surface area contributed by atoms with Crippen LogP contribution < -0.4 is 10.7 Å². The molecular formula is C13H12N4O3. The number of carbonyl (C=O) groups is 2. The van der Waals surface area contributed by atoms with Gasteiger partial charge in [-0.25, -0.2) is 4.79 Å². The highest BCUT2D eigenvalue weighted by atomic mass is 16.3. The molecule has 1 saturated heterocycles. The molecule has 1 unspecified atom stereocenters. The van der Waals surface area contributed by atoms with Crippen LogP contribution in [0.4, 0.5) is 4.79 Å².